The maximum absolute atomic E-state index is 13.6. The van der Waals surface area contributed by atoms with Crippen molar-refractivity contribution >= 4 is 29.6 Å². The lowest BCUT2D eigenvalue weighted by atomic mass is 10.2. The Bertz CT molecular complexity index is 571. The van der Waals surface area contributed by atoms with E-state index in [0.29, 0.717) is 27.5 Å². The lowest BCUT2D eigenvalue weighted by molar-refractivity contribution is 0.112. The second-order valence-corrected chi connectivity index (χ2v) is 5.05. The van der Waals surface area contributed by atoms with Gasteiger partial charge in [0.15, 0.2) is 6.29 Å². The van der Waals surface area contributed by atoms with Gasteiger partial charge in [0.1, 0.15) is 5.82 Å². The molecule has 2 aromatic rings. The molecule has 18 heavy (non-hydrogen) atoms. The van der Waals surface area contributed by atoms with E-state index in [4.69, 9.17) is 11.6 Å². The first-order valence-electron chi connectivity index (χ1n) is 5.32. The van der Waals surface area contributed by atoms with E-state index in [-0.39, 0.29) is 5.82 Å². The van der Waals surface area contributed by atoms with Crippen molar-refractivity contribution in [3.05, 3.63) is 64.4 Å². The predicted octanol–water partition coefficient (Wildman–Crippen LogP) is 4.58. The summed E-state index contributed by atoms with van der Waals surface area (Å²) in [4.78, 5) is 11.2. The van der Waals surface area contributed by atoms with Gasteiger partial charge in [0.25, 0.3) is 0 Å². The third-order valence-electron chi connectivity index (χ3n) is 2.45. The van der Waals surface area contributed by atoms with Crippen molar-refractivity contribution in [1.29, 1.82) is 0 Å². The smallest absolute Gasteiger partial charge is 0.151 e. The van der Waals surface area contributed by atoms with Crippen molar-refractivity contribution in [2.75, 3.05) is 0 Å². The molecule has 0 unspecified atom stereocenters. The van der Waals surface area contributed by atoms with E-state index in [1.165, 1.54) is 23.9 Å². The van der Waals surface area contributed by atoms with Gasteiger partial charge in [-0.15, -0.1) is 11.8 Å². The van der Waals surface area contributed by atoms with Gasteiger partial charge in [-0.3, -0.25) is 4.79 Å². The van der Waals surface area contributed by atoms with E-state index in [9.17, 15) is 9.18 Å². The third kappa shape index (κ3) is 2.92. The van der Waals surface area contributed by atoms with Gasteiger partial charge in [0.2, 0.25) is 0 Å². The Labute approximate surface area is 114 Å². The predicted molar refractivity (Wildman–Crippen MR) is 72.8 cm³/mol. The molecule has 1 nitrogen and oxygen atoms in total. The van der Waals surface area contributed by atoms with E-state index >= 15 is 0 Å². The van der Waals surface area contributed by atoms with E-state index < -0.39 is 0 Å². The Morgan fingerprint density at radius 3 is 2.67 bits per heavy atom. The van der Waals surface area contributed by atoms with Crippen LogP contribution in [0.4, 0.5) is 4.39 Å². The van der Waals surface area contributed by atoms with Crippen LogP contribution in [0, 0.1) is 5.82 Å². The molecule has 92 valence electrons. The number of benzene rings is 2. The van der Waals surface area contributed by atoms with Crippen LogP contribution < -0.4 is 0 Å². The summed E-state index contributed by atoms with van der Waals surface area (Å²) in [6, 6.07) is 11.9. The molecule has 0 fully saturated rings. The SMILES string of the molecule is O=Cc1cccc(F)c1SCc1ccccc1Cl. The van der Waals surface area contributed by atoms with E-state index in [1.807, 2.05) is 18.2 Å². The zero-order valence-corrected chi connectivity index (χ0v) is 11.0. The molecule has 0 N–H and O–H groups in total. The highest BCUT2D eigenvalue weighted by atomic mass is 35.5. The van der Waals surface area contributed by atoms with Crippen LogP contribution in [0.5, 0.6) is 0 Å². The first-order chi connectivity index (χ1) is 8.72. The minimum atomic E-state index is -0.378. The molecule has 0 heterocycles. The van der Waals surface area contributed by atoms with Gasteiger partial charge < -0.3 is 0 Å². The highest BCUT2D eigenvalue weighted by Crippen LogP contribution is 2.30. The van der Waals surface area contributed by atoms with Gasteiger partial charge in [0, 0.05) is 16.3 Å². The van der Waals surface area contributed by atoms with Gasteiger partial charge in [0.05, 0.1) is 4.90 Å². The fourth-order valence-electron chi connectivity index (χ4n) is 1.54. The van der Waals surface area contributed by atoms with Gasteiger partial charge >= 0.3 is 0 Å². The molecule has 2 rings (SSSR count). The number of hydrogen-bond acceptors (Lipinski definition) is 2. The summed E-state index contributed by atoms with van der Waals surface area (Å²) in [6.07, 6.45) is 0.665. The van der Waals surface area contributed by atoms with Crippen LogP contribution >= 0.6 is 23.4 Å². The third-order valence-corrected chi connectivity index (χ3v) is 4.00. The van der Waals surface area contributed by atoms with Crippen molar-refractivity contribution < 1.29 is 9.18 Å². The zero-order chi connectivity index (χ0) is 13.0. The lowest BCUT2D eigenvalue weighted by Crippen LogP contribution is -1.91. The Hall–Kier alpha value is -1.32. The molecule has 0 aliphatic carbocycles. The van der Waals surface area contributed by atoms with Crippen molar-refractivity contribution in [3.63, 3.8) is 0 Å². The van der Waals surface area contributed by atoms with Crippen LogP contribution in [0.25, 0.3) is 0 Å². The van der Waals surface area contributed by atoms with Gasteiger partial charge in [-0.05, 0) is 17.7 Å². The molecule has 0 saturated carbocycles. The number of thioether (sulfide) groups is 1. The number of halogens is 2. The number of carbonyl (C=O) groups is 1. The van der Waals surface area contributed by atoms with Crippen molar-refractivity contribution in [2.45, 2.75) is 10.6 Å². The number of hydrogen-bond donors (Lipinski definition) is 0. The fraction of sp³-hybridized carbons (Fsp3) is 0.0714. The van der Waals surface area contributed by atoms with Crippen LogP contribution in [0.1, 0.15) is 15.9 Å². The Balaban J connectivity index is 2.21. The minimum Gasteiger partial charge on any atom is -0.298 e. The first kappa shape index (κ1) is 13.1. The van der Waals surface area contributed by atoms with Gasteiger partial charge in [-0.25, -0.2) is 4.39 Å². The molecule has 0 radical (unpaired) electrons. The summed E-state index contributed by atoms with van der Waals surface area (Å²) in [6.45, 7) is 0. The molecular formula is C14H10ClFOS. The molecule has 0 aromatic heterocycles. The zero-order valence-electron chi connectivity index (χ0n) is 9.40. The Morgan fingerprint density at radius 2 is 1.94 bits per heavy atom. The normalized spacial score (nSPS) is 10.3. The summed E-state index contributed by atoms with van der Waals surface area (Å²) in [5.41, 5.74) is 1.29. The van der Waals surface area contributed by atoms with Crippen molar-refractivity contribution in [2.24, 2.45) is 0 Å². The van der Waals surface area contributed by atoms with Crippen LogP contribution in [0.2, 0.25) is 5.02 Å². The van der Waals surface area contributed by atoms with Gasteiger partial charge in [-0.2, -0.15) is 0 Å². The average molecular weight is 281 g/mol. The molecule has 0 amide bonds. The largest absolute Gasteiger partial charge is 0.298 e. The monoisotopic (exact) mass is 280 g/mol. The summed E-state index contributed by atoms with van der Waals surface area (Å²) in [7, 11) is 0. The Morgan fingerprint density at radius 1 is 1.17 bits per heavy atom. The molecule has 0 bridgehead atoms. The summed E-state index contributed by atoms with van der Waals surface area (Å²) >= 11 is 7.30. The topological polar surface area (TPSA) is 17.1 Å². The van der Waals surface area contributed by atoms with Crippen LogP contribution in [-0.4, -0.2) is 6.29 Å². The van der Waals surface area contributed by atoms with Crippen molar-refractivity contribution in [1.82, 2.24) is 0 Å². The molecule has 0 saturated heterocycles. The summed E-state index contributed by atoms with van der Waals surface area (Å²) < 4.78 is 13.6. The standard InChI is InChI=1S/C14H10ClFOS/c15-12-6-2-1-4-11(12)9-18-14-10(8-17)5-3-7-13(14)16/h1-8H,9H2. The second-order valence-electron chi connectivity index (χ2n) is 3.66. The quantitative estimate of drug-likeness (QED) is 0.602. The van der Waals surface area contributed by atoms with Crippen LogP contribution in [0.3, 0.4) is 0 Å². The second kappa shape index (κ2) is 6.03. The molecule has 4 heteroatoms. The fourth-order valence-corrected chi connectivity index (χ4v) is 2.86. The van der Waals surface area contributed by atoms with Crippen LogP contribution in [-0.2, 0) is 5.75 Å². The number of aldehydes is 1. The number of carbonyl (C=O) groups excluding carboxylic acids is 1. The maximum Gasteiger partial charge on any atom is 0.151 e. The van der Waals surface area contributed by atoms with Gasteiger partial charge in [-0.1, -0.05) is 41.9 Å². The summed E-state index contributed by atoms with van der Waals surface area (Å²) in [5.74, 6) is 0.151. The van der Waals surface area contributed by atoms with E-state index in [1.54, 1.807) is 12.1 Å². The average Bonchev–Trinajstić information content (AvgIpc) is 2.39. The Kier molecular flexibility index (Phi) is 4.39. The molecular weight excluding hydrogens is 271 g/mol. The molecule has 0 aliphatic rings. The molecule has 2 aromatic carbocycles. The highest BCUT2D eigenvalue weighted by molar-refractivity contribution is 7.98. The van der Waals surface area contributed by atoms with E-state index in [0.717, 1.165) is 5.56 Å². The molecule has 0 spiro atoms. The molecule has 0 atom stereocenters. The lowest BCUT2D eigenvalue weighted by Gasteiger charge is -2.07. The van der Waals surface area contributed by atoms with Crippen molar-refractivity contribution in [3.8, 4) is 0 Å². The molecule has 0 aliphatic heterocycles. The van der Waals surface area contributed by atoms with E-state index in [2.05, 4.69) is 0 Å². The highest BCUT2D eigenvalue weighted by Gasteiger charge is 2.09. The maximum atomic E-state index is 13.6. The van der Waals surface area contributed by atoms with Crippen LogP contribution in [0.15, 0.2) is 47.4 Å². The number of rotatable bonds is 4. The summed E-state index contributed by atoms with van der Waals surface area (Å²) in [5, 5.41) is 0.647. The minimum absolute atomic E-state index is 0.368. The first-order valence-corrected chi connectivity index (χ1v) is 6.68.